The molecule has 1 atom stereocenters. The molecular formula is C10H12O3S. The highest BCUT2D eigenvalue weighted by molar-refractivity contribution is 7.80. The molecule has 0 saturated carbocycles. The van der Waals surface area contributed by atoms with Crippen LogP contribution in [0.15, 0.2) is 23.1 Å². The highest BCUT2D eigenvalue weighted by Gasteiger charge is 2.13. The van der Waals surface area contributed by atoms with Gasteiger partial charge in [0.05, 0.1) is 0 Å². The maximum absolute atomic E-state index is 10.5. The summed E-state index contributed by atoms with van der Waals surface area (Å²) in [5.74, 6) is -0.493. The van der Waals surface area contributed by atoms with E-state index in [9.17, 15) is 4.79 Å². The summed E-state index contributed by atoms with van der Waals surface area (Å²) in [5.41, 5.74) is 1.06. The fourth-order valence-electron chi connectivity index (χ4n) is 0.968. The lowest BCUT2D eigenvalue weighted by molar-refractivity contribution is -0.144. The Hall–Kier alpha value is -1.16. The molecule has 1 unspecified atom stereocenters. The minimum atomic E-state index is -0.988. The van der Waals surface area contributed by atoms with Crippen LogP contribution in [0.1, 0.15) is 12.5 Å². The molecule has 0 spiro atoms. The molecule has 0 radical (unpaired) electrons. The lowest BCUT2D eigenvalue weighted by Gasteiger charge is -2.12. The molecule has 1 aromatic rings. The minimum absolute atomic E-state index is 0.494. The van der Waals surface area contributed by atoms with E-state index in [1.54, 1.807) is 6.07 Å². The summed E-state index contributed by atoms with van der Waals surface area (Å²) in [6.07, 6.45) is -0.858. The van der Waals surface area contributed by atoms with Crippen LogP contribution in [-0.2, 0) is 4.79 Å². The highest BCUT2D eigenvalue weighted by atomic mass is 32.1. The van der Waals surface area contributed by atoms with Gasteiger partial charge in [-0.25, -0.2) is 4.79 Å². The van der Waals surface area contributed by atoms with Crippen LogP contribution in [0, 0.1) is 6.92 Å². The molecular weight excluding hydrogens is 200 g/mol. The zero-order valence-electron chi connectivity index (χ0n) is 8.02. The van der Waals surface area contributed by atoms with Crippen LogP contribution in [0.4, 0.5) is 0 Å². The molecule has 0 heterocycles. The SMILES string of the molecule is Cc1ccc(OC(C)C(=O)O)c(S)c1. The zero-order valence-corrected chi connectivity index (χ0v) is 8.91. The number of thiol groups is 1. The van der Waals surface area contributed by atoms with Crippen molar-refractivity contribution in [1.82, 2.24) is 0 Å². The van der Waals surface area contributed by atoms with Gasteiger partial charge in [0, 0.05) is 4.90 Å². The summed E-state index contributed by atoms with van der Waals surface area (Å²) >= 11 is 4.19. The monoisotopic (exact) mass is 212 g/mol. The van der Waals surface area contributed by atoms with Crippen molar-refractivity contribution in [2.75, 3.05) is 0 Å². The lowest BCUT2D eigenvalue weighted by Crippen LogP contribution is -2.23. The van der Waals surface area contributed by atoms with Crippen LogP contribution < -0.4 is 4.74 Å². The Morgan fingerprint density at radius 3 is 2.71 bits per heavy atom. The average molecular weight is 212 g/mol. The second kappa shape index (κ2) is 4.37. The van der Waals surface area contributed by atoms with Gasteiger partial charge in [-0.2, -0.15) is 0 Å². The van der Waals surface area contributed by atoms with E-state index in [1.807, 2.05) is 19.1 Å². The summed E-state index contributed by atoms with van der Waals surface area (Å²) < 4.78 is 5.19. The van der Waals surface area contributed by atoms with E-state index in [1.165, 1.54) is 6.92 Å². The predicted molar refractivity (Wildman–Crippen MR) is 56.2 cm³/mol. The van der Waals surface area contributed by atoms with Crippen molar-refractivity contribution in [2.24, 2.45) is 0 Å². The topological polar surface area (TPSA) is 46.5 Å². The first-order valence-electron chi connectivity index (χ1n) is 4.20. The number of carboxylic acid groups (broad SMARTS) is 1. The Kier molecular flexibility index (Phi) is 3.41. The van der Waals surface area contributed by atoms with Gasteiger partial charge in [-0.1, -0.05) is 6.07 Å². The molecule has 0 aliphatic rings. The van der Waals surface area contributed by atoms with Gasteiger partial charge in [-0.3, -0.25) is 0 Å². The molecule has 0 saturated heterocycles. The Morgan fingerprint density at radius 1 is 1.57 bits per heavy atom. The number of benzene rings is 1. The highest BCUT2D eigenvalue weighted by Crippen LogP contribution is 2.24. The van der Waals surface area contributed by atoms with Crippen LogP contribution >= 0.6 is 12.6 Å². The largest absolute Gasteiger partial charge is 0.479 e. The predicted octanol–water partition coefficient (Wildman–Crippen LogP) is 2.14. The van der Waals surface area contributed by atoms with Gasteiger partial charge in [0.25, 0.3) is 0 Å². The van der Waals surface area contributed by atoms with Crippen molar-refractivity contribution in [2.45, 2.75) is 24.8 Å². The van der Waals surface area contributed by atoms with Crippen molar-refractivity contribution in [3.63, 3.8) is 0 Å². The van der Waals surface area contributed by atoms with Crippen LogP contribution in [0.3, 0.4) is 0 Å². The quantitative estimate of drug-likeness (QED) is 0.754. The van der Waals surface area contributed by atoms with Gasteiger partial charge in [0.1, 0.15) is 5.75 Å². The summed E-state index contributed by atoms with van der Waals surface area (Å²) in [5, 5.41) is 8.64. The molecule has 0 aromatic heterocycles. The van der Waals surface area contributed by atoms with Crippen LogP contribution in [0.5, 0.6) is 5.75 Å². The molecule has 1 aromatic carbocycles. The van der Waals surface area contributed by atoms with Gasteiger partial charge in [0.2, 0.25) is 0 Å². The Labute approximate surface area is 88.1 Å². The van der Waals surface area contributed by atoms with Crippen molar-refractivity contribution in [1.29, 1.82) is 0 Å². The van der Waals surface area contributed by atoms with E-state index in [0.717, 1.165) is 5.56 Å². The summed E-state index contributed by atoms with van der Waals surface area (Å²) in [6, 6.07) is 5.40. The van der Waals surface area contributed by atoms with Gasteiger partial charge in [-0.15, -0.1) is 12.6 Å². The molecule has 0 fully saturated rings. The third-order valence-corrected chi connectivity index (χ3v) is 2.12. The third kappa shape index (κ3) is 2.67. The Bertz CT molecular complexity index is 349. The van der Waals surface area contributed by atoms with Crippen molar-refractivity contribution in [3.05, 3.63) is 23.8 Å². The van der Waals surface area contributed by atoms with Crippen molar-refractivity contribution in [3.8, 4) is 5.75 Å². The van der Waals surface area contributed by atoms with E-state index >= 15 is 0 Å². The lowest BCUT2D eigenvalue weighted by atomic mass is 10.2. The maximum atomic E-state index is 10.5. The molecule has 3 nitrogen and oxygen atoms in total. The summed E-state index contributed by atoms with van der Waals surface area (Å²) in [7, 11) is 0. The number of rotatable bonds is 3. The number of hydrogen-bond acceptors (Lipinski definition) is 3. The number of ether oxygens (including phenoxy) is 1. The van der Waals surface area contributed by atoms with E-state index in [2.05, 4.69) is 12.6 Å². The van der Waals surface area contributed by atoms with Gasteiger partial charge >= 0.3 is 5.97 Å². The summed E-state index contributed by atoms with van der Waals surface area (Å²) in [6.45, 7) is 3.42. The first-order chi connectivity index (χ1) is 6.50. The summed E-state index contributed by atoms with van der Waals surface area (Å²) in [4.78, 5) is 11.2. The molecule has 1 rings (SSSR count). The smallest absolute Gasteiger partial charge is 0.344 e. The number of aryl methyl sites for hydroxylation is 1. The molecule has 0 bridgehead atoms. The van der Waals surface area contributed by atoms with Crippen LogP contribution in [-0.4, -0.2) is 17.2 Å². The van der Waals surface area contributed by atoms with Crippen molar-refractivity contribution >= 4 is 18.6 Å². The van der Waals surface area contributed by atoms with Crippen LogP contribution in [0.25, 0.3) is 0 Å². The van der Waals surface area contributed by atoms with Crippen LogP contribution in [0.2, 0.25) is 0 Å². The van der Waals surface area contributed by atoms with E-state index < -0.39 is 12.1 Å². The molecule has 0 amide bonds. The van der Waals surface area contributed by atoms with E-state index in [-0.39, 0.29) is 0 Å². The standard InChI is InChI=1S/C10H12O3S/c1-6-3-4-8(9(14)5-6)13-7(2)10(11)12/h3-5,7,14H,1-2H3,(H,11,12). The first kappa shape index (κ1) is 10.9. The average Bonchev–Trinajstić information content (AvgIpc) is 2.09. The molecule has 0 aliphatic heterocycles. The number of carboxylic acids is 1. The Morgan fingerprint density at radius 2 is 2.21 bits per heavy atom. The fourth-order valence-corrected chi connectivity index (χ4v) is 1.30. The second-order valence-corrected chi connectivity index (χ2v) is 3.55. The minimum Gasteiger partial charge on any atom is -0.479 e. The second-order valence-electron chi connectivity index (χ2n) is 3.07. The normalized spacial score (nSPS) is 12.2. The molecule has 76 valence electrons. The van der Waals surface area contributed by atoms with E-state index in [0.29, 0.717) is 10.6 Å². The van der Waals surface area contributed by atoms with Gasteiger partial charge in [0.15, 0.2) is 6.10 Å². The fraction of sp³-hybridized carbons (Fsp3) is 0.300. The number of carbonyl (C=O) groups is 1. The van der Waals surface area contributed by atoms with Crippen molar-refractivity contribution < 1.29 is 14.6 Å². The molecule has 0 aliphatic carbocycles. The first-order valence-corrected chi connectivity index (χ1v) is 4.64. The van der Waals surface area contributed by atoms with Gasteiger partial charge < -0.3 is 9.84 Å². The molecule has 4 heteroatoms. The van der Waals surface area contributed by atoms with Gasteiger partial charge in [-0.05, 0) is 31.5 Å². The molecule has 14 heavy (non-hydrogen) atoms. The molecule has 1 N–H and O–H groups in total. The zero-order chi connectivity index (χ0) is 10.7. The maximum Gasteiger partial charge on any atom is 0.344 e. The third-order valence-electron chi connectivity index (χ3n) is 1.77. The number of aliphatic carboxylic acids is 1. The number of hydrogen-bond donors (Lipinski definition) is 2. The van der Waals surface area contributed by atoms with E-state index in [4.69, 9.17) is 9.84 Å². The Balaban J connectivity index is 2.82.